The summed E-state index contributed by atoms with van der Waals surface area (Å²) in [4.78, 5) is 41.0. The molecule has 0 aliphatic carbocycles. The number of carbonyl (C=O) groups is 2. The Kier molecular flexibility index (Phi) is 6.84. The summed E-state index contributed by atoms with van der Waals surface area (Å²) in [5, 5.41) is 5.50. The van der Waals surface area contributed by atoms with Gasteiger partial charge in [-0.3, -0.25) is 4.79 Å². The quantitative estimate of drug-likeness (QED) is 0.758. The minimum absolute atomic E-state index is 0.0981. The van der Waals surface area contributed by atoms with E-state index in [9.17, 15) is 14.4 Å². The Morgan fingerprint density at radius 1 is 1.24 bits per heavy atom. The maximum Gasteiger partial charge on any atom is 0.408 e. The van der Waals surface area contributed by atoms with Crippen molar-refractivity contribution in [2.75, 3.05) is 11.9 Å². The first-order valence-corrected chi connectivity index (χ1v) is 9.45. The van der Waals surface area contributed by atoms with E-state index in [0.717, 1.165) is 0 Å². The van der Waals surface area contributed by atoms with Crippen LogP contribution in [0, 0.1) is 0 Å². The lowest BCUT2D eigenvalue weighted by molar-refractivity contribution is -0.117. The van der Waals surface area contributed by atoms with Crippen molar-refractivity contribution >= 4 is 28.6 Å². The molecule has 9 heteroatoms. The fraction of sp³-hybridized carbons (Fsp3) is 0.500. The third-order valence-electron chi connectivity index (χ3n) is 3.89. The lowest BCUT2D eigenvalue weighted by atomic mass is 10.0. The highest BCUT2D eigenvalue weighted by Crippen LogP contribution is 2.25. The number of nitrogens with one attached hydrogen (secondary N) is 2. The first kappa shape index (κ1) is 22.2. The Balaban J connectivity index is 2.26. The predicted molar refractivity (Wildman–Crippen MR) is 108 cm³/mol. The van der Waals surface area contributed by atoms with E-state index < -0.39 is 29.3 Å². The molecule has 2 N–H and O–H groups in total. The summed E-state index contributed by atoms with van der Waals surface area (Å²) in [5.74, 6) is -0.451. The van der Waals surface area contributed by atoms with Crippen molar-refractivity contribution in [3.63, 3.8) is 0 Å². The molecule has 158 valence electrons. The number of alkyl carbamates (subject to hydrolysis) is 1. The number of amides is 2. The van der Waals surface area contributed by atoms with Gasteiger partial charge in [0.05, 0.1) is 17.5 Å². The van der Waals surface area contributed by atoms with Gasteiger partial charge < -0.3 is 24.5 Å². The third kappa shape index (κ3) is 5.69. The van der Waals surface area contributed by atoms with Gasteiger partial charge >= 0.3 is 17.8 Å². The number of hydrogen-bond donors (Lipinski definition) is 2. The topological polar surface area (TPSA) is 120 Å². The molecule has 1 heterocycles. The van der Waals surface area contributed by atoms with Crippen LogP contribution in [0.4, 0.5) is 10.5 Å². The van der Waals surface area contributed by atoms with E-state index in [-0.39, 0.29) is 11.5 Å². The highest BCUT2D eigenvalue weighted by molar-refractivity contribution is 5.99. The van der Waals surface area contributed by atoms with Gasteiger partial charge in [0.25, 0.3) is 0 Å². The van der Waals surface area contributed by atoms with E-state index >= 15 is 0 Å². The van der Waals surface area contributed by atoms with Crippen molar-refractivity contribution < 1.29 is 23.5 Å². The summed E-state index contributed by atoms with van der Waals surface area (Å²) >= 11 is 0. The summed E-state index contributed by atoms with van der Waals surface area (Å²) in [7, 11) is 0. The zero-order valence-electron chi connectivity index (χ0n) is 17.5. The monoisotopic (exact) mass is 405 g/mol. The van der Waals surface area contributed by atoms with E-state index in [1.165, 1.54) is 6.92 Å². The fourth-order valence-corrected chi connectivity index (χ4v) is 2.67. The molecule has 29 heavy (non-hydrogen) atoms. The Morgan fingerprint density at radius 3 is 2.52 bits per heavy atom. The maximum absolute atomic E-state index is 12.5. The lowest BCUT2D eigenvalue weighted by Crippen LogP contribution is -2.44. The molecule has 9 nitrogen and oxygen atoms in total. The molecule has 0 aliphatic rings. The van der Waals surface area contributed by atoms with Crippen molar-refractivity contribution in [3.05, 3.63) is 28.1 Å². The number of nitrogens with zero attached hydrogens (tertiary/aromatic N) is 1. The average Bonchev–Trinajstić information content (AvgIpc) is 2.60. The zero-order valence-corrected chi connectivity index (χ0v) is 17.5. The number of hydrogen-bond acceptors (Lipinski definition) is 7. The van der Waals surface area contributed by atoms with Crippen molar-refractivity contribution in [2.24, 2.45) is 0 Å². The van der Waals surface area contributed by atoms with E-state index in [4.69, 9.17) is 13.9 Å². The van der Waals surface area contributed by atoms with Crippen LogP contribution in [0.1, 0.15) is 47.1 Å². The van der Waals surface area contributed by atoms with Gasteiger partial charge in [-0.25, -0.2) is 9.59 Å². The van der Waals surface area contributed by atoms with Crippen LogP contribution in [0.25, 0.3) is 10.9 Å². The van der Waals surface area contributed by atoms with Crippen LogP contribution >= 0.6 is 0 Å². The molecule has 0 radical (unpaired) electrons. The molecule has 1 unspecified atom stereocenters. The minimum atomic E-state index is -0.847. The largest absolute Gasteiger partial charge is 0.450 e. The van der Waals surface area contributed by atoms with E-state index in [1.807, 2.05) is 6.92 Å². The minimum Gasteiger partial charge on any atom is -0.450 e. The zero-order chi connectivity index (χ0) is 21.8. The second-order valence-corrected chi connectivity index (χ2v) is 7.40. The number of aryl methyl sites for hydroxylation is 1. The normalized spacial score (nSPS) is 12.3. The predicted octanol–water partition coefficient (Wildman–Crippen LogP) is 3.00. The van der Waals surface area contributed by atoms with Crippen LogP contribution in [0.15, 0.2) is 21.3 Å². The van der Waals surface area contributed by atoms with Crippen molar-refractivity contribution in [2.45, 2.75) is 59.6 Å². The molecule has 0 bridgehead atoms. The first-order chi connectivity index (χ1) is 13.6. The number of carbonyl (C=O) groups excluding carboxylic acids is 2. The van der Waals surface area contributed by atoms with Crippen LogP contribution in [-0.2, 0) is 16.0 Å². The molecule has 2 rings (SSSR count). The molecular weight excluding hydrogens is 378 g/mol. The Morgan fingerprint density at radius 2 is 1.93 bits per heavy atom. The van der Waals surface area contributed by atoms with Gasteiger partial charge in [0, 0.05) is 5.69 Å². The van der Waals surface area contributed by atoms with E-state index in [2.05, 4.69) is 15.6 Å². The van der Waals surface area contributed by atoms with E-state index in [1.54, 1.807) is 39.8 Å². The van der Waals surface area contributed by atoms with Gasteiger partial charge in [0.15, 0.2) is 0 Å². The average molecular weight is 405 g/mol. The molecule has 0 spiro atoms. The number of rotatable bonds is 6. The lowest BCUT2D eigenvalue weighted by Gasteiger charge is -2.22. The second kappa shape index (κ2) is 8.93. The van der Waals surface area contributed by atoms with Gasteiger partial charge in [-0.1, -0.05) is 6.92 Å². The molecule has 1 aromatic carbocycles. The molecule has 2 aromatic rings. The SMILES string of the molecule is CCOc1nc2ccc(NC(=O)C(C)NC(=O)OC(C)(C)C)c(CC)c2c(=O)o1. The highest BCUT2D eigenvalue weighted by Gasteiger charge is 2.22. The maximum atomic E-state index is 12.5. The van der Waals surface area contributed by atoms with Crippen LogP contribution in [0.5, 0.6) is 6.08 Å². The fourth-order valence-electron chi connectivity index (χ4n) is 2.67. The highest BCUT2D eigenvalue weighted by atomic mass is 16.6. The molecule has 1 atom stereocenters. The van der Waals surface area contributed by atoms with Crippen LogP contribution in [0.3, 0.4) is 0 Å². The summed E-state index contributed by atoms with van der Waals surface area (Å²) in [6, 6.07) is 2.41. The van der Waals surface area contributed by atoms with Gasteiger partial charge in [-0.15, -0.1) is 0 Å². The Bertz CT molecular complexity index is 961. The van der Waals surface area contributed by atoms with Crippen LogP contribution in [0.2, 0.25) is 0 Å². The van der Waals surface area contributed by atoms with Gasteiger partial charge in [0.2, 0.25) is 5.91 Å². The standard InChI is InChI=1S/C20H27N3O6/c1-7-12-13(22-16(24)11(3)21-18(26)29-20(4,5)6)9-10-14-15(12)17(25)28-19(23-14)27-8-2/h9-11H,7-8H2,1-6H3,(H,21,26)(H,22,24). The van der Waals surface area contributed by atoms with Gasteiger partial charge in [0.1, 0.15) is 11.6 Å². The molecule has 0 aliphatic heterocycles. The Labute approximate surface area is 168 Å². The van der Waals surface area contributed by atoms with Crippen molar-refractivity contribution in [1.82, 2.24) is 10.3 Å². The van der Waals surface area contributed by atoms with Crippen LogP contribution < -0.4 is 21.0 Å². The van der Waals surface area contributed by atoms with Crippen molar-refractivity contribution in [1.29, 1.82) is 0 Å². The summed E-state index contributed by atoms with van der Waals surface area (Å²) in [6.07, 6.45) is -0.331. The number of anilines is 1. The summed E-state index contributed by atoms with van der Waals surface area (Å²) < 4.78 is 15.4. The second-order valence-electron chi connectivity index (χ2n) is 7.40. The molecule has 0 saturated carbocycles. The first-order valence-electron chi connectivity index (χ1n) is 9.45. The molecule has 1 aromatic heterocycles. The van der Waals surface area contributed by atoms with Gasteiger partial charge in [-0.05, 0) is 58.7 Å². The molecule has 0 fully saturated rings. The van der Waals surface area contributed by atoms with Crippen molar-refractivity contribution in [3.8, 4) is 6.08 Å². The number of fused-ring (bicyclic) bond motifs is 1. The smallest absolute Gasteiger partial charge is 0.408 e. The van der Waals surface area contributed by atoms with E-state index in [0.29, 0.717) is 29.8 Å². The molecular formula is C20H27N3O6. The molecule has 0 saturated heterocycles. The molecule has 2 amide bonds. The number of benzene rings is 1. The summed E-state index contributed by atoms with van der Waals surface area (Å²) in [6.45, 7) is 10.7. The van der Waals surface area contributed by atoms with Gasteiger partial charge in [-0.2, -0.15) is 4.98 Å². The summed E-state index contributed by atoms with van der Waals surface area (Å²) in [5.41, 5.74) is 0.187. The number of aromatic nitrogens is 1. The van der Waals surface area contributed by atoms with Crippen LogP contribution in [-0.4, -0.2) is 35.2 Å². The Hall–Kier alpha value is -3.10. The number of ether oxygens (including phenoxy) is 2. The third-order valence-corrected chi connectivity index (χ3v) is 3.89.